The molecule has 1 unspecified atom stereocenters. The molecule has 1 saturated heterocycles. The molecule has 8 heteroatoms. The van der Waals surface area contributed by atoms with Crippen molar-refractivity contribution in [2.24, 2.45) is 22.7 Å². The summed E-state index contributed by atoms with van der Waals surface area (Å²) in [6.45, 7) is 18.2. The standard InChI is InChI=1S/C26H42N2O6/c1-11-17-12-26(17,16(3)29)13-18(30)20-15(2)19(33-10)14-28(20)22(31)21(24(4,5)6)27-23(32)34-25(7,8)9/h11,15,17,19-21H,1,12-14H2,2-10H3,(H,27,32)/t15?,17-,19+,20+,21-,26+/m1/s1. The van der Waals surface area contributed by atoms with Gasteiger partial charge in [0.05, 0.1) is 12.1 Å². The number of amides is 2. The van der Waals surface area contributed by atoms with Gasteiger partial charge in [-0.3, -0.25) is 14.4 Å². The van der Waals surface area contributed by atoms with Crippen molar-refractivity contribution in [2.75, 3.05) is 13.7 Å². The van der Waals surface area contributed by atoms with E-state index in [4.69, 9.17) is 9.47 Å². The van der Waals surface area contributed by atoms with E-state index in [1.165, 1.54) is 11.8 Å². The Morgan fingerprint density at radius 1 is 1.18 bits per heavy atom. The molecule has 192 valence electrons. The van der Waals surface area contributed by atoms with Gasteiger partial charge in [-0.25, -0.2) is 4.79 Å². The molecule has 0 radical (unpaired) electrons. The normalized spacial score (nSPS) is 29.9. The Balaban J connectivity index is 2.33. The van der Waals surface area contributed by atoms with Crippen LogP contribution in [0.15, 0.2) is 12.7 Å². The monoisotopic (exact) mass is 478 g/mol. The SMILES string of the molecule is C=C[C@@H]1C[C@]1(CC(=O)[C@@H]1C(C)[C@@H](OC)CN1C(=O)[C@@H](NC(=O)OC(C)(C)C)C(C)(C)C)C(C)=O. The first-order valence-corrected chi connectivity index (χ1v) is 12.0. The first kappa shape index (κ1) is 28.0. The lowest BCUT2D eigenvalue weighted by Gasteiger charge is -2.36. The van der Waals surface area contributed by atoms with E-state index in [0.717, 1.165) is 0 Å². The molecule has 1 N–H and O–H groups in total. The van der Waals surface area contributed by atoms with Gasteiger partial charge in [-0.1, -0.05) is 33.8 Å². The van der Waals surface area contributed by atoms with Crippen LogP contribution < -0.4 is 5.32 Å². The zero-order chi connectivity index (χ0) is 26.2. The third-order valence-corrected chi connectivity index (χ3v) is 7.10. The summed E-state index contributed by atoms with van der Waals surface area (Å²) in [6.07, 6.45) is 1.37. The van der Waals surface area contributed by atoms with Crippen LogP contribution in [0.5, 0.6) is 0 Å². The number of carbonyl (C=O) groups excluding carboxylic acids is 4. The van der Waals surface area contributed by atoms with E-state index in [2.05, 4.69) is 11.9 Å². The van der Waals surface area contributed by atoms with Gasteiger partial charge < -0.3 is 19.7 Å². The Hall–Kier alpha value is -2.22. The smallest absolute Gasteiger partial charge is 0.408 e. The Labute approximate surface area is 203 Å². The third kappa shape index (κ3) is 5.88. The van der Waals surface area contributed by atoms with E-state index in [1.807, 2.05) is 27.7 Å². The van der Waals surface area contributed by atoms with Crippen LogP contribution in [0.1, 0.15) is 68.2 Å². The highest BCUT2D eigenvalue weighted by Gasteiger charge is 2.59. The number of rotatable bonds is 8. The molecule has 0 bridgehead atoms. The van der Waals surface area contributed by atoms with E-state index >= 15 is 0 Å². The Bertz CT molecular complexity index is 839. The number of allylic oxidation sites excluding steroid dienone is 1. The maximum absolute atomic E-state index is 13.8. The summed E-state index contributed by atoms with van der Waals surface area (Å²) in [4.78, 5) is 53.8. The summed E-state index contributed by atoms with van der Waals surface area (Å²) in [5.41, 5.74) is -2.08. The van der Waals surface area contributed by atoms with Crippen molar-refractivity contribution >= 4 is 23.6 Å². The van der Waals surface area contributed by atoms with Crippen molar-refractivity contribution in [1.29, 1.82) is 0 Å². The number of alkyl carbamates (subject to hydrolysis) is 1. The summed E-state index contributed by atoms with van der Waals surface area (Å²) >= 11 is 0. The molecule has 1 aliphatic heterocycles. The zero-order valence-corrected chi connectivity index (χ0v) is 22.2. The second kappa shape index (κ2) is 9.80. The van der Waals surface area contributed by atoms with Gasteiger partial charge in [0.1, 0.15) is 17.4 Å². The Morgan fingerprint density at radius 3 is 2.18 bits per heavy atom. The van der Waals surface area contributed by atoms with Gasteiger partial charge >= 0.3 is 6.09 Å². The average Bonchev–Trinajstić information content (AvgIpc) is 3.30. The van der Waals surface area contributed by atoms with E-state index in [0.29, 0.717) is 6.42 Å². The molecule has 1 aliphatic carbocycles. The molecule has 2 rings (SSSR count). The number of nitrogens with one attached hydrogen (secondary N) is 1. The molecule has 6 atom stereocenters. The molecular weight excluding hydrogens is 436 g/mol. The van der Waals surface area contributed by atoms with Crippen molar-refractivity contribution in [3.8, 4) is 0 Å². The van der Waals surface area contributed by atoms with Crippen LogP contribution in [-0.2, 0) is 23.9 Å². The van der Waals surface area contributed by atoms with E-state index in [9.17, 15) is 19.2 Å². The first-order chi connectivity index (χ1) is 15.5. The fourth-order valence-corrected chi connectivity index (χ4v) is 4.97. The molecule has 1 heterocycles. The summed E-state index contributed by atoms with van der Waals surface area (Å²) < 4.78 is 11.0. The minimum Gasteiger partial charge on any atom is -0.444 e. The van der Waals surface area contributed by atoms with Crippen molar-refractivity contribution in [3.63, 3.8) is 0 Å². The predicted molar refractivity (Wildman–Crippen MR) is 129 cm³/mol. The highest BCUT2D eigenvalue weighted by atomic mass is 16.6. The highest BCUT2D eigenvalue weighted by molar-refractivity contribution is 5.97. The number of nitrogens with zero attached hydrogens (tertiary/aromatic N) is 1. The zero-order valence-electron chi connectivity index (χ0n) is 22.2. The molecule has 0 spiro atoms. The van der Waals surface area contributed by atoms with Crippen LogP contribution in [0.25, 0.3) is 0 Å². The molecule has 0 aromatic heterocycles. The molecule has 0 aromatic carbocycles. The lowest BCUT2D eigenvalue weighted by Crippen LogP contribution is -2.57. The van der Waals surface area contributed by atoms with E-state index < -0.39 is 34.6 Å². The van der Waals surface area contributed by atoms with Crippen LogP contribution in [-0.4, -0.2) is 65.9 Å². The second-order valence-electron chi connectivity index (χ2n) is 11.9. The fourth-order valence-electron chi connectivity index (χ4n) is 4.97. The van der Waals surface area contributed by atoms with Crippen LogP contribution in [0.2, 0.25) is 0 Å². The van der Waals surface area contributed by atoms with Crippen molar-refractivity contribution in [3.05, 3.63) is 12.7 Å². The van der Waals surface area contributed by atoms with Crippen LogP contribution >= 0.6 is 0 Å². The van der Waals surface area contributed by atoms with Gasteiger partial charge in [-0.15, -0.1) is 6.58 Å². The lowest BCUT2D eigenvalue weighted by molar-refractivity contribution is -0.143. The maximum Gasteiger partial charge on any atom is 0.408 e. The van der Waals surface area contributed by atoms with Gasteiger partial charge in [-0.05, 0) is 45.4 Å². The number of hydrogen-bond acceptors (Lipinski definition) is 6. The number of hydrogen-bond donors (Lipinski definition) is 1. The predicted octanol–water partition coefficient (Wildman–Crippen LogP) is 3.53. The maximum atomic E-state index is 13.8. The summed E-state index contributed by atoms with van der Waals surface area (Å²) in [5.74, 6) is -0.838. The van der Waals surface area contributed by atoms with E-state index in [1.54, 1.807) is 34.0 Å². The quantitative estimate of drug-likeness (QED) is 0.536. The van der Waals surface area contributed by atoms with Gasteiger partial charge in [0, 0.05) is 31.4 Å². The minimum atomic E-state index is -0.913. The van der Waals surface area contributed by atoms with Gasteiger partial charge in [-0.2, -0.15) is 0 Å². The lowest BCUT2D eigenvalue weighted by atomic mass is 9.84. The van der Waals surface area contributed by atoms with Gasteiger partial charge in [0.25, 0.3) is 0 Å². The van der Waals surface area contributed by atoms with Gasteiger partial charge in [0.2, 0.25) is 5.91 Å². The van der Waals surface area contributed by atoms with E-state index in [-0.39, 0.29) is 48.4 Å². The van der Waals surface area contributed by atoms with Crippen LogP contribution in [0.4, 0.5) is 4.79 Å². The molecular formula is C26H42N2O6. The van der Waals surface area contributed by atoms with Gasteiger partial charge in [0.15, 0.2) is 5.78 Å². The Kier molecular flexibility index (Phi) is 8.08. The Morgan fingerprint density at radius 2 is 1.76 bits per heavy atom. The second-order valence-corrected chi connectivity index (χ2v) is 11.9. The molecule has 8 nitrogen and oxygen atoms in total. The molecule has 2 fully saturated rings. The number of ketones is 2. The van der Waals surface area contributed by atoms with Crippen molar-refractivity contribution in [1.82, 2.24) is 10.2 Å². The number of methoxy groups -OCH3 is 1. The number of carbonyl (C=O) groups is 4. The topological polar surface area (TPSA) is 102 Å². The number of ether oxygens (including phenoxy) is 2. The summed E-state index contributed by atoms with van der Waals surface area (Å²) in [5, 5.41) is 2.72. The highest BCUT2D eigenvalue weighted by Crippen LogP contribution is 2.57. The van der Waals surface area contributed by atoms with Crippen molar-refractivity contribution < 1.29 is 28.7 Å². The molecule has 2 amide bonds. The van der Waals surface area contributed by atoms with Crippen LogP contribution in [0.3, 0.4) is 0 Å². The fraction of sp³-hybridized carbons (Fsp3) is 0.769. The molecule has 1 saturated carbocycles. The first-order valence-electron chi connectivity index (χ1n) is 12.0. The molecule has 0 aromatic rings. The largest absolute Gasteiger partial charge is 0.444 e. The van der Waals surface area contributed by atoms with Crippen molar-refractivity contribution in [2.45, 2.75) is 92.0 Å². The number of likely N-dealkylation sites (tertiary alicyclic amines) is 1. The number of Topliss-reactive ketones (excluding diaryl/α,β-unsaturated/α-hetero) is 2. The summed E-state index contributed by atoms with van der Waals surface area (Å²) in [6, 6.07) is -1.66. The summed E-state index contributed by atoms with van der Waals surface area (Å²) in [7, 11) is 1.56. The minimum absolute atomic E-state index is 0.0239. The third-order valence-electron chi connectivity index (χ3n) is 7.10. The van der Waals surface area contributed by atoms with Crippen LogP contribution in [0, 0.1) is 22.7 Å². The molecule has 34 heavy (non-hydrogen) atoms. The molecule has 2 aliphatic rings. The average molecular weight is 479 g/mol.